The lowest BCUT2D eigenvalue weighted by atomic mass is 10.0. The summed E-state index contributed by atoms with van der Waals surface area (Å²) in [6.07, 6.45) is -0.750. The zero-order valence-electron chi connectivity index (χ0n) is 14.5. The second-order valence-electron chi connectivity index (χ2n) is 6.46. The third kappa shape index (κ3) is 4.31. The van der Waals surface area contributed by atoms with Gasteiger partial charge in [-0.2, -0.15) is 4.98 Å². The Morgan fingerprint density at radius 2 is 1.96 bits per heavy atom. The summed E-state index contributed by atoms with van der Waals surface area (Å²) in [4.78, 5) is 27.1. The van der Waals surface area contributed by atoms with Gasteiger partial charge in [-0.1, -0.05) is 0 Å². The molecule has 9 heteroatoms. The van der Waals surface area contributed by atoms with E-state index in [9.17, 15) is 19.1 Å². The van der Waals surface area contributed by atoms with Crippen LogP contribution >= 0.6 is 0 Å². The summed E-state index contributed by atoms with van der Waals surface area (Å²) in [5, 5.41) is 15.5. The Balaban J connectivity index is 2.36. The van der Waals surface area contributed by atoms with Crippen molar-refractivity contribution in [1.29, 1.82) is 0 Å². The number of nitrogens with zero attached hydrogens (tertiary/aromatic N) is 3. The lowest BCUT2D eigenvalue weighted by Gasteiger charge is -2.18. The second kappa shape index (κ2) is 6.50. The van der Waals surface area contributed by atoms with E-state index < -0.39 is 23.5 Å². The molecule has 0 aliphatic carbocycles. The zero-order chi connectivity index (χ0) is 18.9. The third-order valence-corrected chi connectivity index (χ3v) is 3.16. The monoisotopic (exact) mass is 350 g/mol. The maximum Gasteiger partial charge on any atom is 0.414 e. The van der Waals surface area contributed by atoms with Crippen LogP contribution < -0.4 is 5.32 Å². The molecule has 2 aromatic rings. The molecule has 2 rings (SSSR count). The largest absolute Gasteiger partial charge is 0.478 e. The number of hydrogen-bond acceptors (Lipinski definition) is 5. The number of aromatic carboxylic acids is 1. The van der Waals surface area contributed by atoms with Crippen molar-refractivity contribution in [3.63, 3.8) is 0 Å². The van der Waals surface area contributed by atoms with Gasteiger partial charge in [0.05, 0.1) is 11.1 Å². The number of ether oxygens (including phenoxy) is 1. The van der Waals surface area contributed by atoms with Crippen LogP contribution in [0.25, 0.3) is 11.4 Å². The van der Waals surface area contributed by atoms with E-state index in [1.165, 1.54) is 24.7 Å². The molecule has 1 aromatic carbocycles. The molecule has 25 heavy (non-hydrogen) atoms. The van der Waals surface area contributed by atoms with Gasteiger partial charge in [-0.25, -0.2) is 18.7 Å². The first-order chi connectivity index (χ1) is 11.5. The SMILES string of the molecule is Cc1cc(F)c(-c2nc(NC(=O)OC(C)(C)C)nn2C)cc1C(=O)O. The number of aromatic nitrogens is 3. The molecule has 0 saturated carbocycles. The molecular weight excluding hydrogens is 331 g/mol. The predicted octanol–water partition coefficient (Wildman–Crippen LogP) is 2.97. The number of carboxylic acids is 1. The summed E-state index contributed by atoms with van der Waals surface area (Å²) in [5.74, 6) is -1.82. The number of benzene rings is 1. The molecule has 2 N–H and O–H groups in total. The van der Waals surface area contributed by atoms with Crippen molar-refractivity contribution < 1.29 is 23.8 Å². The van der Waals surface area contributed by atoms with Gasteiger partial charge in [-0.05, 0) is 45.4 Å². The molecule has 0 bridgehead atoms. The molecule has 0 spiro atoms. The van der Waals surface area contributed by atoms with Gasteiger partial charge in [-0.15, -0.1) is 5.10 Å². The molecule has 0 radical (unpaired) electrons. The Labute approximate surface area is 143 Å². The summed E-state index contributed by atoms with van der Waals surface area (Å²) in [6, 6.07) is 2.31. The van der Waals surface area contributed by atoms with Gasteiger partial charge < -0.3 is 9.84 Å². The van der Waals surface area contributed by atoms with Crippen LogP contribution in [0, 0.1) is 12.7 Å². The summed E-state index contributed by atoms with van der Waals surface area (Å²) in [7, 11) is 1.50. The third-order valence-electron chi connectivity index (χ3n) is 3.16. The standard InChI is InChI=1S/C16H19FN4O4/c1-8-6-11(17)10(7-9(8)13(22)23)12-18-14(20-21(12)5)19-15(24)25-16(2,3)4/h6-7H,1-5H3,(H,22,23)(H,19,20,24). The van der Waals surface area contributed by atoms with Crippen molar-refractivity contribution in [3.05, 3.63) is 29.1 Å². The molecule has 1 aromatic heterocycles. The first-order valence-electron chi connectivity index (χ1n) is 7.43. The van der Waals surface area contributed by atoms with Crippen LogP contribution in [0.15, 0.2) is 12.1 Å². The Morgan fingerprint density at radius 3 is 2.52 bits per heavy atom. The number of aryl methyl sites for hydroxylation is 2. The Bertz CT molecular complexity index is 839. The van der Waals surface area contributed by atoms with Crippen LogP contribution in [0.3, 0.4) is 0 Å². The molecule has 0 unspecified atom stereocenters. The van der Waals surface area contributed by atoms with Gasteiger partial charge in [0, 0.05) is 7.05 Å². The van der Waals surface area contributed by atoms with Crippen molar-refractivity contribution in [2.75, 3.05) is 5.32 Å². The highest BCUT2D eigenvalue weighted by atomic mass is 19.1. The number of amides is 1. The number of carboxylic acid groups (broad SMARTS) is 1. The topological polar surface area (TPSA) is 106 Å². The van der Waals surface area contributed by atoms with E-state index in [0.717, 1.165) is 6.07 Å². The Kier molecular flexibility index (Phi) is 4.78. The van der Waals surface area contributed by atoms with Crippen molar-refractivity contribution in [2.45, 2.75) is 33.3 Å². The lowest BCUT2D eigenvalue weighted by molar-refractivity contribution is 0.0632. The Morgan fingerprint density at radius 1 is 1.32 bits per heavy atom. The lowest BCUT2D eigenvalue weighted by Crippen LogP contribution is -2.27. The number of carbonyl (C=O) groups is 2. The molecule has 1 amide bonds. The molecular formula is C16H19FN4O4. The fraction of sp³-hybridized carbons (Fsp3) is 0.375. The maximum absolute atomic E-state index is 14.3. The highest BCUT2D eigenvalue weighted by Crippen LogP contribution is 2.25. The summed E-state index contributed by atoms with van der Waals surface area (Å²) in [6.45, 7) is 6.62. The minimum atomic E-state index is -1.17. The summed E-state index contributed by atoms with van der Waals surface area (Å²) in [5.41, 5.74) is -0.472. The summed E-state index contributed by atoms with van der Waals surface area (Å²) >= 11 is 0. The second-order valence-corrected chi connectivity index (χ2v) is 6.46. The van der Waals surface area contributed by atoms with Crippen molar-refractivity contribution in [2.24, 2.45) is 7.05 Å². The van der Waals surface area contributed by atoms with Crippen LogP contribution in [0.5, 0.6) is 0 Å². The van der Waals surface area contributed by atoms with Crippen LogP contribution in [0.1, 0.15) is 36.7 Å². The number of nitrogens with one attached hydrogen (secondary N) is 1. The van der Waals surface area contributed by atoms with Gasteiger partial charge in [0.15, 0.2) is 5.82 Å². The molecule has 0 aliphatic rings. The number of carbonyl (C=O) groups excluding carboxylic acids is 1. The molecule has 134 valence electrons. The summed E-state index contributed by atoms with van der Waals surface area (Å²) < 4.78 is 20.6. The highest BCUT2D eigenvalue weighted by molar-refractivity contribution is 5.91. The van der Waals surface area contributed by atoms with E-state index in [1.807, 2.05) is 0 Å². The minimum absolute atomic E-state index is 0.0322. The van der Waals surface area contributed by atoms with E-state index in [2.05, 4.69) is 15.4 Å². The van der Waals surface area contributed by atoms with E-state index in [1.54, 1.807) is 20.8 Å². The first kappa shape index (κ1) is 18.4. The number of rotatable bonds is 3. The molecule has 8 nitrogen and oxygen atoms in total. The minimum Gasteiger partial charge on any atom is -0.478 e. The smallest absolute Gasteiger partial charge is 0.414 e. The van der Waals surface area contributed by atoms with Gasteiger partial charge in [0.1, 0.15) is 11.4 Å². The average Bonchev–Trinajstić information content (AvgIpc) is 2.76. The molecule has 0 aliphatic heterocycles. The number of hydrogen-bond donors (Lipinski definition) is 2. The maximum atomic E-state index is 14.3. The average molecular weight is 350 g/mol. The van der Waals surface area contributed by atoms with E-state index >= 15 is 0 Å². The first-order valence-corrected chi connectivity index (χ1v) is 7.43. The number of anilines is 1. The van der Waals surface area contributed by atoms with Gasteiger partial charge in [0.2, 0.25) is 0 Å². The quantitative estimate of drug-likeness (QED) is 0.881. The fourth-order valence-corrected chi connectivity index (χ4v) is 2.14. The fourth-order valence-electron chi connectivity index (χ4n) is 2.14. The zero-order valence-corrected chi connectivity index (χ0v) is 14.5. The number of halogens is 1. The van der Waals surface area contributed by atoms with E-state index in [0.29, 0.717) is 5.56 Å². The van der Waals surface area contributed by atoms with E-state index in [-0.39, 0.29) is 22.9 Å². The van der Waals surface area contributed by atoms with Gasteiger partial charge >= 0.3 is 12.1 Å². The molecule has 1 heterocycles. The van der Waals surface area contributed by atoms with Crippen LogP contribution in [-0.4, -0.2) is 37.5 Å². The normalized spacial score (nSPS) is 11.3. The highest BCUT2D eigenvalue weighted by Gasteiger charge is 2.21. The predicted molar refractivity (Wildman–Crippen MR) is 88.0 cm³/mol. The van der Waals surface area contributed by atoms with E-state index in [4.69, 9.17) is 4.74 Å². The van der Waals surface area contributed by atoms with Crippen molar-refractivity contribution >= 4 is 18.0 Å². The molecule has 0 saturated heterocycles. The van der Waals surface area contributed by atoms with Crippen molar-refractivity contribution in [3.8, 4) is 11.4 Å². The van der Waals surface area contributed by atoms with Crippen LogP contribution in [0.2, 0.25) is 0 Å². The Hall–Kier alpha value is -2.97. The van der Waals surface area contributed by atoms with Gasteiger partial charge in [-0.3, -0.25) is 5.32 Å². The van der Waals surface area contributed by atoms with Crippen molar-refractivity contribution in [1.82, 2.24) is 14.8 Å². The molecule has 0 atom stereocenters. The van der Waals surface area contributed by atoms with Crippen LogP contribution in [-0.2, 0) is 11.8 Å². The van der Waals surface area contributed by atoms with Gasteiger partial charge in [0.25, 0.3) is 5.95 Å². The molecule has 0 fully saturated rings. The van der Waals surface area contributed by atoms with Crippen LogP contribution in [0.4, 0.5) is 15.1 Å².